The van der Waals surface area contributed by atoms with E-state index in [4.69, 9.17) is 28.4 Å². The van der Waals surface area contributed by atoms with E-state index in [0.717, 1.165) is 114 Å². The molecule has 22 heteroatoms. The van der Waals surface area contributed by atoms with E-state index in [0.29, 0.717) is 32.5 Å². The number of aliphatic hydroxyl groups excluding tert-OH is 5. The lowest BCUT2D eigenvalue weighted by Crippen LogP contribution is -2.64. The van der Waals surface area contributed by atoms with Crippen LogP contribution < -0.4 is 26.6 Å². The summed E-state index contributed by atoms with van der Waals surface area (Å²) in [6.45, 7) is 12.7. The van der Waals surface area contributed by atoms with Crippen molar-refractivity contribution in [3.63, 3.8) is 0 Å². The first-order valence-corrected chi connectivity index (χ1v) is 29.7. The van der Waals surface area contributed by atoms with Gasteiger partial charge in [-0.15, -0.1) is 0 Å². The number of carboxylic acid groups (broad SMARTS) is 1. The molecule has 2 aromatic rings. The second-order valence-corrected chi connectivity index (χ2v) is 22.9. The lowest BCUT2D eigenvalue weighted by atomic mass is 9.75. The first kappa shape index (κ1) is 63.3. The molecule has 14 unspecified atom stereocenters. The summed E-state index contributed by atoms with van der Waals surface area (Å²) in [5.41, 5.74) is 2.44. The smallest absolute Gasteiger partial charge is 0.338 e. The molecule has 79 heavy (non-hydrogen) atoms. The van der Waals surface area contributed by atoms with E-state index >= 15 is 0 Å². The lowest BCUT2D eigenvalue weighted by molar-refractivity contribution is -0.349. The molecule has 0 bridgehead atoms. The van der Waals surface area contributed by atoms with Gasteiger partial charge in [0.1, 0.15) is 36.6 Å². The third-order valence-corrected chi connectivity index (χ3v) is 17.0. The summed E-state index contributed by atoms with van der Waals surface area (Å²) in [7, 11) is 0. The van der Waals surface area contributed by atoms with Gasteiger partial charge in [-0.3, -0.25) is 9.69 Å². The van der Waals surface area contributed by atoms with E-state index in [-0.39, 0.29) is 30.2 Å². The van der Waals surface area contributed by atoms with Crippen LogP contribution in [0.25, 0.3) is 0 Å². The van der Waals surface area contributed by atoms with Crippen LogP contribution in [-0.4, -0.2) is 205 Å². The Morgan fingerprint density at radius 1 is 0.785 bits per heavy atom. The second-order valence-electron chi connectivity index (χ2n) is 22.0. The molecular weight excluding hydrogens is 1090 g/mol. The molecule has 15 atom stereocenters. The fourth-order valence-electron chi connectivity index (χ4n) is 11.6. The van der Waals surface area contributed by atoms with Crippen molar-refractivity contribution in [3.8, 4) is 0 Å². The summed E-state index contributed by atoms with van der Waals surface area (Å²) in [5.74, 6) is -3.45. The van der Waals surface area contributed by atoms with Crippen LogP contribution in [0.15, 0.2) is 53.0 Å². The number of hydrogen-bond acceptors (Lipinski definition) is 19. The Morgan fingerprint density at radius 3 is 2.23 bits per heavy atom. The molecule has 444 valence electrons. The Labute approximate surface area is 473 Å². The predicted octanol–water partition coefficient (Wildman–Crippen LogP) is 2.17. The van der Waals surface area contributed by atoms with Crippen LogP contribution in [0.1, 0.15) is 106 Å². The van der Waals surface area contributed by atoms with E-state index in [9.17, 15) is 45.0 Å². The van der Waals surface area contributed by atoms with E-state index < -0.39 is 110 Å². The molecule has 1 amide bonds. The number of benzene rings is 2. The number of aliphatic carboxylic acids is 1. The fraction of sp³-hybridized carbons (Fsp3) is 0.737. The minimum Gasteiger partial charge on any atom is -0.479 e. The van der Waals surface area contributed by atoms with Crippen LogP contribution in [-0.2, 0) is 51.1 Å². The quantitative estimate of drug-likeness (QED) is 0.0631. The largest absolute Gasteiger partial charge is 0.479 e. The van der Waals surface area contributed by atoms with Gasteiger partial charge in [-0.2, -0.15) is 0 Å². The van der Waals surface area contributed by atoms with Crippen molar-refractivity contribution in [2.24, 2.45) is 17.8 Å². The topological polar surface area (TPSA) is 291 Å². The van der Waals surface area contributed by atoms with Gasteiger partial charge in [0.15, 0.2) is 24.8 Å². The Balaban J connectivity index is 1.05. The average Bonchev–Trinajstić information content (AvgIpc) is 3.52. The Morgan fingerprint density at radius 2 is 1.52 bits per heavy atom. The highest BCUT2D eigenvalue weighted by molar-refractivity contribution is 9.10. The summed E-state index contributed by atoms with van der Waals surface area (Å²) in [5, 5.41) is 82.6. The maximum Gasteiger partial charge on any atom is 0.338 e. The molecule has 3 heterocycles. The van der Waals surface area contributed by atoms with Gasteiger partial charge in [0.05, 0.1) is 30.5 Å². The molecule has 2 saturated carbocycles. The van der Waals surface area contributed by atoms with Crippen molar-refractivity contribution >= 4 is 33.8 Å². The maximum absolute atomic E-state index is 14.3. The number of carbonyl (C=O) groups is 3. The van der Waals surface area contributed by atoms with Crippen LogP contribution in [0, 0.1) is 17.8 Å². The third kappa shape index (κ3) is 18.6. The molecule has 5 fully saturated rings. The van der Waals surface area contributed by atoms with Gasteiger partial charge in [-0.05, 0) is 106 Å². The second kappa shape index (κ2) is 32.5. The van der Waals surface area contributed by atoms with Gasteiger partial charge in [-0.25, -0.2) is 9.59 Å². The SMILES string of the molecule is CCC1CC(C(=O)NCCNCc2ccc(CN3CCCNCCNCCCNCC3)cc2Br)CC(OC2OC(CO)C(O)C(O[C@@H](CC3CCCCC3)C(=O)O)C2OC(=O)c2ccccc2)C1OC1OC(C)C(O)C(O)C1O. The summed E-state index contributed by atoms with van der Waals surface area (Å²) >= 11 is 3.80. The molecule has 0 radical (unpaired) electrons. The van der Waals surface area contributed by atoms with Gasteiger partial charge in [-0.1, -0.05) is 91.7 Å². The number of nitrogens with one attached hydrogen (secondary N) is 5. The van der Waals surface area contributed by atoms with Crippen LogP contribution in [0.2, 0.25) is 0 Å². The van der Waals surface area contributed by atoms with Gasteiger partial charge >= 0.3 is 11.9 Å². The monoisotopic (exact) mass is 1180 g/mol. The number of aliphatic hydroxyl groups is 5. The maximum atomic E-state index is 14.3. The Hall–Kier alpha value is -3.27. The summed E-state index contributed by atoms with van der Waals surface area (Å²) in [6, 6.07) is 14.5. The number of nitrogens with zero attached hydrogens (tertiary/aromatic N) is 1. The molecule has 3 aliphatic heterocycles. The highest BCUT2D eigenvalue weighted by Gasteiger charge is 2.54. The first-order chi connectivity index (χ1) is 38.2. The highest BCUT2D eigenvalue weighted by atomic mass is 79.9. The highest BCUT2D eigenvalue weighted by Crippen LogP contribution is 2.40. The molecule has 0 spiro atoms. The van der Waals surface area contributed by atoms with Crippen molar-refractivity contribution in [2.45, 2.75) is 177 Å². The summed E-state index contributed by atoms with van der Waals surface area (Å²) in [6.07, 6.45) is -10.9. The average molecular weight is 1180 g/mol. The summed E-state index contributed by atoms with van der Waals surface area (Å²) < 4.78 is 38.9. The number of amides is 1. The number of hydrogen-bond donors (Lipinski definition) is 11. The Bertz CT molecular complexity index is 2140. The van der Waals surface area contributed by atoms with Crippen LogP contribution in [0.4, 0.5) is 0 Å². The number of carboxylic acids is 1. The van der Waals surface area contributed by atoms with Crippen molar-refractivity contribution in [1.29, 1.82) is 0 Å². The van der Waals surface area contributed by atoms with Crippen molar-refractivity contribution in [3.05, 3.63) is 69.7 Å². The van der Waals surface area contributed by atoms with E-state index in [2.05, 4.69) is 65.6 Å². The van der Waals surface area contributed by atoms with Gasteiger partial charge in [0, 0.05) is 62.7 Å². The molecule has 2 aliphatic carbocycles. The molecule has 5 aliphatic rings. The zero-order chi connectivity index (χ0) is 56.3. The fourth-order valence-corrected chi connectivity index (χ4v) is 12.2. The number of halogens is 1. The number of carbonyl (C=O) groups excluding carboxylic acids is 2. The lowest BCUT2D eigenvalue weighted by Gasteiger charge is -2.48. The van der Waals surface area contributed by atoms with Crippen molar-refractivity contribution in [2.75, 3.05) is 72.1 Å². The van der Waals surface area contributed by atoms with Gasteiger partial charge in [0.2, 0.25) is 5.91 Å². The van der Waals surface area contributed by atoms with Crippen LogP contribution in [0.5, 0.6) is 0 Å². The zero-order valence-corrected chi connectivity index (χ0v) is 47.6. The van der Waals surface area contributed by atoms with E-state index in [1.807, 2.05) is 6.92 Å². The predicted molar refractivity (Wildman–Crippen MR) is 295 cm³/mol. The molecule has 11 N–H and O–H groups in total. The molecule has 3 saturated heterocycles. The Kier molecular flexibility index (Phi) is 26.1. The standard InChI is InChI=1S/C57H89BrN6O15/c1-3-38-30-41(53(70)63-24-23-62-32-40-17-16-37(28-42(40)58)33-64-26-11-20-60-22-21-59-18-10-19-61-25-27-64)31-43(50(38)79-56-49(69)48(68)46(66)35(2)74-56)76-57-52(78-55(73)39-14-8-5-9-15-39)51(47(67)45(34-65)77-57)75-44(54(71)72)29-36-12-6-4-7-13-36/h5,8-9,14-17,28,35-36,38,41,43-52,56-57,59-62,65-69H,3-4,6-7,10-13,18-27,29-34H2,1-2H3,(H,63,70)(H,71,72)/t35?,38?,41?,43?,44-,45?,46?,47?,48?,49?,50?,51?,52?,56?,57?/m0/s1. The minimum absolute atomic E-state index is 0.00231. The van der Waals surface area contributed by atoms with E-state index in [1.54, 1.807) is 18.2 Å². The molecule has 7 rings (SSSR count). The number of ether oxygens (including phenoxy) is 6. The van der Waals surface area contributed by atoms with Gasteiger partial charge < -0.3 is 85.6 Å². The van der Waals surface area contributed by atoms with Crippen LogP contribution in [0.3, 0.4) is 0 Å². The number of rotatable bonds is 21. The molecule has 21 nitrogen and oxygen atoms in total. The van der Waals surface area contributed by atoms with Gasteiger partial charge in [0.25, 0.3) is 0 Å². The normalized spacial score (nSPS) is 32.6. The molecule has 2 aromatic carbocycles. The van der Waals surface area contributed by atoms with Crippen molar-refractivity contribution in [1.82, 2.24) is 31.5 Å². The minimum atomic E-state index is -1.69. The zero-order valence-electron chi connectivity index (χ0n) is 46.0. The van der Waals surface area contributed by atoms with Crippen molar-refractivity contribution < 1.29 is 73.4 Å². The van der Waals surface area contributed by atoms with E-state index in [1.165, 1.54) is 24.6 Å². The third-order valence-electron chi connectivity index (χ3n) is 16.2. The number of esters is 1. The summed E-state index contributed by atoms with van der Waals surface area (Å²) in [4.78, 5) is 43.6. The van der Waals surface area contributed by atoms with Crippen LogP contribution >= 0.6 is 15.9 Å². The molecule has 0 aromatic heterocycles. The first-order valence-electron chi connectivity index (χ1n) is 28.9. The molecular formula is C57H89BrN6O15.